The Labute approximate surface area is 103 Å². The zero-order valence-corrected chi connectivity index (χ0v) is 10.8. The quantitative estimate of drug-likeness (QED) is 0.692. The number of carbonyl (C=O) groups excluding carboxylic acids is 2. The first-order valence-corrected chi connectivity index (χ1v) is 6.69. The van der Waals surface area contributed by atoms with E-state index in [1.165, 1.54) is 24.2 Å². The zero-order chi connectivity index (χ0) is 12.4. The standard InChI is InChI=1S/C13H22N2O2/c1-10-11(2)13(17)15(12(10)16)9-8-14-6-4-3-5-7-14/h10-11H,3-9H2,1-2H3/t10-,11+. The molecule has 0 saturated carbocycles. The maximum Gasteiger partial charge on any atom is 0.232 e. The minimum absolute atomic E-state index is 0.0134. The molecule has 0 bridgehead atoms. The predicted octanol–water partition coefficient (Wildman–Crippen LogP) is 1.11. The van der Waals surface area contributed by atoms with Crippen molar-refractivity contribution in [3.8, 4) is 0 Å². The van der Waals surface area contributed by atoms with Crippen molar-refractivity contribution in [3.63, 3.8) is 0 Å². The highest BCUT2D eigenvalue weighted by molar-refractivity contribution is 6.04. The van der Waals surface area contributed by atoms with E-state index in [-0.39, 0.29) is 23.7 Å². The van der Waals surface area contributed by atoms with E-state index in [4.69, 9.17) is 0 Å². The third-order valence-corrected chi connectivity index (χ3v) is 4.15. The maximum absolute atomic E-state index is 11.9. The van der Waals surface area contributed by atoms with Crippen LogP contribution < -0.4 is 0 Å². The van der Waals surface area contributed by atoms with E-state index in [9.17, 15) is 9.59 Å². The third kappa shape index (κ3) is 2.51. The molecule has 0 radical (unpaired) electrons. The SMILES string of the molecule is C[C@@H]1C(=O)N(CCN2CCCCC2)C(=O)[C@@H]1C. The second-order valence-electron chi connectivity index (χ2n) is 5.31. The van der Waals surface area contributed by atoms with E-state index < -0.39 is 0 Å². The molecule has 0 N–H and O–H groups in total. The van der Waals surface area contributed by atoms with Crippen LogP contribution in [0.4, 0.5) is 0 Å². The molecule has 2 fully saturated rings. The molecule has 0 unspecified atom stereocenters. The van der Waals surface area contributed by atoms with Gasteiger partial charge in [-0.25, -0.2) is 0 Å². The summed E-state index contributed by atoms with van der Waals surface area (Å²) >= 11 is 0. The van der Waals surface area contributed by atoms with Crippen LogP contribution in [0.5, 0.6) is 0 Å². The monoisotopic (exact) mass is 238 g/mol. The number of rotatable bonds is 3. The fourth-order valence-electron chi connectivity index (χ4n) is 2.67. The Morgan fingerprint density at radius 2 is 1.47 bits per heavy atom. The number of imide groups is 1. The van der Waals surface area contributed by atoms with Crippen molar-refractivity contribution in [3.05, 3.63) is 0 Å². The number of carbonyl (C=O) groups is 2. The Kier molecular flexibility index (Phi) is 3.82. The number of hydrogen-bond acceptors (Lipinski definition) is 3. The van der Waals surface area contributed by atoms with Crippen molar-refractivity contribution in [1.29, 1.82) is 0 Å². The molecule has 0 spiro atoms. The van der Waals surface area contributed by atoms with Gasteiger partial charge in [-0.3, -0.25) is 14.5 Å². The molecule has 2 saturated heterocycles. The molecule has 0 aliphatic carbocycles. The summed E-state index contributed by atoms with van der Waals surface area (Å²) in [6.07, 6.45) is 3.80. The molecule has 4 heteroatoms. The molecule has 0 aromatic rings. The van der Waals surface area contributed by atoms with Crippen LogP contribution in [0.25, 0.3) is 0 Å². The van der Waals surface area contributed by atoms with E-state index in [1.807, 2.05) is 13.8 Å². The van der Waals surface area contributed by atoms with Gasteiger partial charge >= 0.3 is 0 Å². The fraction of sp³-hybridized carbons (Fsp3) is 0.846. The number of nitrogens with zero attached hydrogens (tertiary/aromatic N) is 2. The lowest BCUT2D eigenvalue weighted by atomic mass is 10.00. The topological polar surface area (TPSA) is 40.6 Å². The van der Waals surface area contributed by atoms with Crippen molar-refractivity contribution >= 4 is 11.8 Å². The second kappa shape index (κ2) is 5.17. The molecule has 0 aromatic carbocycles. The first-order chi connectivity index (χ1) is 8.11. The predicted molar refractivity (Wildman–Crippen MR) is 65.3 cm³/mol. The summed E-state index contributed by atoms with van der Waals surface area (Å²) in [5.41, 5.74) is 0. The van der Waals surface area contributed by atoms with Gasteiger partial charge in [0, 0.05) is 24.9 Å². The molecule has 0 aromatic heterocycles. The molecule has 2 heterocycles. The second-order valence-corrected chi connectivity index (χ2v) is 5.31. The normalized spacial score (nSPS) is 31.3. The summed E-state index contributed by atoms with van der Waals surface area (Å²) in [6.45, 7) is 7.35. The average Bonchev–Trinajstić information content (AvgIpc) is 2.54. The van der Waals surface area contributed by atoms with Gasteiger partial charge in [0.1, 0.15) is 0 Å². The van der Waals surface area contributed by atoms with Crippen LogP contribution in [0, 0.1) is 11.8 Å². The van der Waals surface area contributed by atoms with E-state index in [0.29, 0.717) is 6.54 Å². The van der Waals surface area contributed by atoms with Crippen LogP contribution in [0.15, 0.2) is 0 Å². The van der Waals surface area contributed by atoms with Crippen molar-refractivity contribution in [2.45, 2.75) is 33.1 Å². The molecule has 4 nitrogen and oxygen atoms in total. The Hall–Kier alpha value is -0.900. The Morgan fingerprint density at radius 3 is 2.00 bits per heavy atom. The number of hydrogen-bond donors (Lipinski definition) is 0. The summed E-state index contributed by atoms with van der Waals surface area (Å²) in [6, 6.07) is 0. The van der Waals surface area contributed by atoms with E-state index in [0.717, 1.165) is 19.6 Å². The summed E-state index contributed by atoms with van der Waals surface area (Å²) in [5.74, 6) is -0.244. The van der Waals surface area contributed by atoms with Crippen LogP contribution in [-0.2, 0) is 9.59 Å². The van der Waals surface area contributed by atoms with Crippen molar-refractivity contribution < 1.29 is 9.59 Å². The number of piperidine rings is 1. The van der Waals surface area contributed by atoms with Gasteiger partial charge in [-0.1, -0.05) is 20.3 Å². The molecule has 2 aliphatic rings. The molecule has 2 amide bonds. The minimum Gasteiger partial charge on any atom is -0.302 e. The van der Waals surface area contributed by atoms with Gasteiger partial charge < -0.3 is 4.90 Å². The Balaban J connectivity index is 1.86. The Morgan fingerprint density at radius 1 is 0.941 bits per heavy atom. The maximum atomic E-state index is 11.9. The third-order valence-electron chi connectivity index (χ3n) is 4.15. The van der Waals surface area contributed by atoms with E-state index in [1.54, 1.807) is 0 Å². The van der Waals surface area contributed by atoms with Crippen LogP contribution in [0.1, 0.15) is 33.1 Å². The zero-order valence-electron chi connectivity index (χ0n) is 10.8. The van der Waals surface area contributed by atoms with Gasteiger partial charge in [-0.2, -0.15) is 0 Å². The van der Waals surface area contributed by atoms with Crippen LogP contribution in [0.2, 0.25) is 0 Å². The van der Waals surface area contributed by atoms with Gasteiger partial charge in [0.25, 0.3) is 0 Å². The summed E-state index contributed by atoms with van der Waals surface area (Å²) in [7, 11) is 0. The number of likely N-dealkylation sites (tertiary alicyclic amines) is 2. The van der Waals surface area contributed by atoms with E-state index in [2.05, 4.69) is 4.90 Å². The van der Waals surface area contributed by atoms with E-state index >= 15 is 0 Å². The average molecular weight is 238 g/mol. The largest absolute Gasteiger partial charge is 0.302 e. The smallest absolute Gasteiger partial charge is 0.232 e. The molecule has 2 atom stereocenters. The van der Waals surface area contributed by atoms with Gasteiger partial charge in [-0.15, -0.1) is 0 Å². The van der Waals surface area contributed by atoms with Crippen LogP contribution in [0.3, 0.4) is 0 Å². The lowest BCUT2D eigenvalue weighted by Gasteiger charge is -2.28. The van der Waals surface area contributed by atoms with Gasteiger partial charge in [0.15, 0.2) is 0 Å². The minimum atomic E-state index is -0.135. The lowest BCUT2D eigenvalue weighted by Crippen LogP contribution is -2.40. The molecule has 96 valence electrons. The van der Waals surface area contributed by atoms with Crippen molar-refractivity contribution in [1.82, 2.24) is 9.80 Å². The highest BCUT2D eigenvalue weighted by Gasteiger charge is 2.41. The van der Waals surface area contributed by atoms with Crippen LogP contribution >= 0.6 is 0 Å². The van der Waals surface area contributed by atoms with Crippen molar-refractivity contribution in [2.75, 3.05) is 26.2 Å². The first-order valence-electron chi connectivity index (χ1n) is 6.69. The molecular weight excluding hydrogens is 216 g/mol. The van der Waals surface area contributed by atoms with Crippen molar-refractivity contribution in [2.24, 2.45) is 11.8 Å². The highest BCUT2D eigenvalue weighted by Crippen LogP contribution is 2.25. The van der Waals surface area contributed by atoms with Gasteiger partial charge in [-0.05, 0) is 25.9 Å². The lowest BCUT2D eigenvalue weighted by molar-refractivity contribution is -0.140. The van der Waals surface area contributed by atoms with Crippen LogP contribution in [-0.4, -0.2) is 47.8 Å². The first kappa shape index (κ1) is 12.6. The summed E-state index contributed by atoms with van der Waals surface area (Å²) in [5, 5.41) is 0. The highest BCUT2D eigenvalue weighted by atomic mass is 16.2. The Bertz CT molecular complexity index is 291. The molecular formula is C13H22N2O2. The molecule has 2 rings (SSSR count). The summed E-state index contributed by atoms with van der Waals surface area (Å²) in [4.78, 5) is 27.6. The molecule has 2 aliphatic heterocycles. The fourth-order valence-corrected chi connectivity index (χ4v) is 2.67. The number of amides is 2. The molecule has 17 heavy (non-hydrogen) atoms. The van der Waals surface area contributed by atoms with Gasteiger partial charge in [0.05, 0.1) is 0 Å². The summed E-state index contributed by atoms with van der Waals surface area (Å²) < 4.78 is 0. The van der Waals surface area contributed by atoms with Gasteiger partial charge in [0.2, 0.25) is 11.8 Å².